The van der Waals surface area contributed by atoms with Gasteiger partial charge < -0.3 is 10.6 Å². The topological polar surface area (TPSA) is 81.2 Å². The lowest BCUT2D eigenvalue weighted by atomic mass is 9.97. The number of aromatic nitrogens is 2. The third-order valence-corrected chi connectivity index (χ3v) is 3.56. The maximum absolute atomic E-state index is 12.2. The van der Waals surface area contributed by atoms with Crippen molar-refractivity contribution in [2.45, 2.75) is 33.2 Å². The predicted octanol–water partition coefficient (Wildman–Crippen LogP) is 0.224. The molecule has 104 valence electrons. The van der Waals surface area contributed by atoms with Gasteiger partial charge in [-0.25, -0.2) is 0 Å². The normalized spacial score (nSPS) is 19.5. The molecule has 19 heavy (non-hydrogen) atoms. The third kappa shape index (κ3) is 3.13. The van der Waals surface area contributed by atoms with E-state index in [-0.39, 0.29) is 24.3 Å². The molecule has 1 aromatic rings. The molecule has 0 aliphatic carbocycles. The van der Waals surface area contributed by atoms with Crippen molar-refractivity contribution in [1.82, 2.24) is 14.7 Å². The second-order valence-electron chi connectivity index (χ2n) is 5.17. The number of primary amides is 1. The van der Waals surface area contributed by atoms with Crippen LogP contribution in [0.25, 0.3) is 0 Å². The van der Waals surface area contributed by atoms with Gasteiger partial charge in [0.15, 0.2) is 0 Å². The zero-order valence-electron chi connectivity index (χ0n) is 11.4. The van der Waals surface area contributed by atoms with Crippen LogP contribution >= 0.6 is 0 Å². The van der Waals surface area contributed by atoms with Crippen molar-refractivity contribution in [2.24, 2.45) is 11.7 Å². The summed E-state index contributed by atoms with van der Waals surface area (Å²) in [5.74, 6) is -0.529. The Hall–Kier alpha value is -1.85. The first kappa shape index (κ1) is 13.6. The molecule has 1 aromatic heterocycles. The SMILES string of the molecule is Cc1cc(C)n(CC(=O)N2CCCC(C(N)=O)C2)n1. The first-order valence-electron chi connectivity index (χ1n) is 6.55. The third-order valence-electron chi connectivity index (χ3n) is 3.56. The summed E-state index contributed by atoms with van der Waals surface area (Å²) < 4.78 is 1.70. The molecule has 0 bridgehead atoms. The standard InChI is InChI=1S/C13H20N4O2/c1-9-6-10(2)17(15-9)8-12(18)16-5-3-4-11(7-16)13(14)19/h6,11H,3-5,7-8H2,1-2H3,(H2,14,19). The van der Waals surface area contributed by atoms with Crippen LogP contribution in [0.15, 0.2) is 6.07 Å². The molecular formula is C13H20N4O2. The van der Waals surface area contributed by atoms with E-state index >= 15 is 0 Å². The Morgan fingerprint density at radius 2 is 2.21 bits per heavy atom. The first-order chi connectivity index (χ1) is 8.97. The van der Waals surface area contributed by atoms with Gasteiger partial charge >= 0.3 is 0 Å². The second kappa shape index (κ2) is 5.42. The largest absolute Gasteiger partial charge is 0.369 e. The molecule has 2 rings (SSSR count). The lowest BCUT2D eigenvalue weighted by molar-refractivity contribution is -0.135. The minimum atomic E-state index is -0.316. The van der Waals surface area contributed by atoms with Crippen molar-refractivity contribution < 1.29 is 9.59 Å². The summed E-state index contributed by atoms with van der Waals surface area (Å²) in [5.41, 5.74) is 7.18. The Morgan fingerprint density at radius 1 is 1.47 bits per heavy atom. The molecule has 0 aromatic carbocycles. The molecule has 1 atom stereocenters. The van der Waals surface area contributed by atoms with Gasteiger partial charge in [-0.2, -0.15) is 5.10 Å². The molecular weight excluding hydrogens is 244 g/mol. The molecule has 2 N–H and O–H groups in total. The fourth-order valence-corrected chi connectivity index (χ4v) is 2.50. The molecule has 1 aliphatic rings. The molecule has 1 saturated heterocycles. The lowest BCUT2D eigenvalue weighted by Crippen LogP contribution is -2.45. The van der Waals surface area contributed by atoms with E-state index in [4.69, 9.17) is 5.73 Å². The van der Waals surface area contributed by atoms with Crippen molar-refractivity contribution in [2.75, 3.05) is 13.1 Å². The Kier molecular flexibility index (Phi) is 3.87. The Bertz CT molecular complexity index is 495. The van der Waals surface area contributed by atoms with Crippen LogP contribution in [-0.2, 0) is 16.1 Å². The number of carbonyl (C=O) groups is 2. The summed E-state index contributed by atoms with van der Waals surface area (Å²) in [4.78, 5) is 25.1. The first-order valence-corrected chi connectivity index (χ1v) is 6.55. The summed E-state index contributed by atoms with van der Waals surface area (Å²) >= 11 is 0. The van der Waals surface area contributed by atoms with E-state index in [0.29, 0.717) is 13.1 Å². The number of carbonyl (C=O) groups excluding carboxylic acids is 2. The van der Waals surface area contributed by atoms with Gasteiger partial charge in [0.2, 0.25) is 11.8 Å². The second-order valence-corrected chi connectivity index (χ2v) is 5.17. The average molecular weight is 264 g/mol. The van der Waals surface area contributed by atoms with Crippen molar-refractivity contribution in [3.8, 4) is 0 Å². The number of hydrogen-bond donors (Lipinski definition) is 1. The van der Waals surface area contributed by atoms with Crippen LogP contribution in [0.4, 0.5) is 0 Å². The fraction of sp³-hybridized carbons (Fsp3) is 0.615. The van der Waals surface area contributed by atoms with Gasteiger partial charge in [-0.1, -0.05) is 0 Å². The molecule has 1 fully saturated rings. The number of amides is 2. The van der Waals surface area contributed by atoms with E-state index in [2.05, 4.69) is 5.10 Å². The summed E-state index contributed by atoms with van der Waals surface area (Å²) in [6, 6.07) is 1.94. The van der Waals surface area contributed by atoms with Gasteiger partial charge in [-0.15, -0.1) is 0 Å². The molecule has 0 radical (unpaired) electrons. The van der Waals surface area contributed by atoms with E-state index in [9.17, 15) is 9.59 Å². The van der Waals surface area contributed by atoms with E-state index in [1.165, 1.54) is 0 Å². The van der Waals surface area contributed by atoms with Crippen LogP contribution in [0.1, 0.15) is 24.2 Å². The number of hydrogen-bond acceptors (Lipinski definition) is 3. The minimum Gasteiger partial charge on any atom is -0.369 e. The van der Waals surface area contributed by atoms with Crippen LogP contribution in [-0.4, -0.2) is 39.6 Å². The molecule has 0 spiro atoms. The van der Waals surface area contributed by atoms with Gasteiger partial charge in [0.25, 0.3) is 0 Å². The summed E-state index contributed by atoms with van der Waals surface area (Å²) in [7, 11) is 0. The number of nitrogens with zero attached hydrogens (tertiary/aromatic N) is 3. The average Bonchev–Trinajstić information content (AvgIpc) is 2.68. The van der Waals surface area contributed by atoms with Crippen LogP contribution in [0.5, 0.6) is 0 Å². The van der Waals surface area contributed by atoms with E-state index in [0.717, 1.165) is 24.2 Å². The minimum absolute atomic E-state index is 0.00264. The Morgan fingerprint density at radius 3 is 2.79 bits per heavy atom. The molecule has 2 heterocycles. The van der Waals surface area contributed by atoms with Crippen molar-refractivity contribution in [1.29, 1.82) is 0 Å². The van der Waals surface area contributed by atoms with Gasteiger partial charge in [-0.3, -0.25) is 14.3 Å². The fourth-order valence-electron chi connectivity index (χ4n) is 2.50. The van der Waals surface area contributed by atoms with Crippen molar-refractivity contribution in [3.63, 3.8) is 0 Å². The van der Waals surface area contributed by atoms with Gasteiger partial charge in [-0.05, 0) is 32.8 Å². The highest BCUT2D eigenvalue weighted by Gasteiger charge is 2.27. The highest BCUT2D eigenvalue weighted by Crippen LogP contribution is 2.16. The zero-order chi connectivity index (χ0) is 14.0. The predicted molar refractivity (Wildman–Crippen MR) is 70.2 cm³/mol. The quantitative estimate of drug-likeness (QED) is 0.848. The summed E-state index contributed by atoms with van der Waals surface area (Å²) in [6.45, 7) is 5.19. The molecule has 0 saturated carbocycles. The van der Waals surface area contributed by atoms with E-state index < -0.39 is 0 Å². The van der Waals surface area contributed by atoms with Crippen LogP contribution < -0.4 is 5.73 Å². The van der Waals surface area contributed by atoms with Gasteiger partial charge in [0, 0.05) is 18.8 Å². The lowest BCUT2D eigenvalue weighted by Gasteiger charge is -2.31. The maximum Gasteiger partial charge on any atom is 0.244 e. The van der Waals surface area contributed by atoms with Crippen molar-refractivity contribution in [3.05, 3.63) is 17.5 Å². The Balaban J connectivity index is 2.00. The monoisotopic (exact) mass is 264 g/mol. The van der Waals surface area contributed by atoms with Crippen LogP contribution in [0.2, 0.25) is 0 Å². The highest BCUT2D eigenvalue weighted by atomic mass is 16.2. The van der Waals surface area contributed by atoms with Gasteiger partial charge in [0.05, 0.1) is 11.6 Å². The molecule has 6 nitrogen and oxygen atoms in total. The maximum atomic E-state index is 12.2. The van der Waals surface area contributed by atoms with Gasteiger partial charge in [0.1, 0.15) is 6.54 Å². The van der Waals surface area contributed by atoms with E-state index in [1.807, 2.05) is 19.9 Å². The van der Waals surface area contributed by atoms with Crippen LogP contribution in [0, 0.1) is 19.8 Å². The number of likely N-dealkylation sites (tertiary alicyclic amines) is 1. The number of aryl methyl sites for hydroxylation is 2. The summed E-state index contributed by atoms with van der Waals surface area (Å²) in [6.07, 6.45) is 1.61. The number of nitrogens with two attached hydrogens (primary N) is 1. The van der Waals surface area contributed by atoms with Crippen molar-refractivity contribution >= 4 is 11.8 Å². The molecule has 2 amide bonds. The zero-order valence-corrected chi connectivity index (χ0v) is 11.4. The molecule has 6 heteroatoms. The molecule has 1 aliphatic heterocycles. The molecule has 1 unspecified atom stereocenters. The Labute approximate surface area is 112 Å². The highest BCUT2D eigenvalue weighted by molar-refractivity contribution is 5.80. The number of piperidine rings is 1. The van der Waals surface area contributed by atoms with Crippen LogP contribution in [0.3, 0.4) is 0 Å². The van der Waals surface area contributed by atoms with E-state index in [1.54, 1.807) is 9.58 Å². The smallest absolute Gasteiger partial charge is 0.244 e. The summed E-state index contributed by atoms with van der Waals surface area (Å²) in [5, 5.41) is 4.28. The number of rotatable bonds is 3.